The van der Waals surface area contributed by atoms with Gasteiger partial charge in [0.2, 0.25) is 0 Å². The van der Waals surface area contributed by atoms with Gasteiger partial charge in [0.1, 0.15) is 23.0 Å². The lowest BCUT2D eigenvalue weighted by Gasteiger charge is -2.62. The Balaban J connectivity index is 0.947. The molecule has 0 heterocycles. The van der Waals surface area contributed by atoms with Crippen LogP contribution in [0.3, 0.4) is 0 Å². The molecule has 8 N–H and O–H groups in total. The normalized spacial score (nSPS) is 38.2. The average Bonchev–Trinajstić information content (AvgIpc) is 0.732. The van der Waals surface area contributed by atoms with Gasteiger partial charge in [-0.25, -0.2) is 0 Å². The summed E-state index contributed by atoms with van der Waals surface area (Å²) in [5.41, 5.74) is 46.6. The van der Waals surface area contributed by atoms with Crippen LogP contribution in [0.15, 0.2) is 48.5 Å². The van der Waals surface area contributed by atoms with Gasteiger partial charge in [0.15, 0.2) is 0 Å². The second kappa shape index (κ2) is 24.9. The Kier molecular flexibility index (Phi) is 16.9. The molecule has 0 aromatic heterocycles. The summed E-state index contributed by atoms with van der Waals surface area (Å²) in [5, 5.41) is 0. The van der Waals surface area contributed by atoms with Gasteiger partial charge in [0, 0.05) is 25.7 Å². The highest BCUT2D eigenvalue weighted by atomic mass is 16.5. The zero-order valence-corrected chi connectivity index (χ0v) is 60.3. The lowest BCUT2D eigenvalue weighted by atomic mass is 9.43. The molecule has 0 amide bonds. The van der Waals surface area contributed by atoms with Crippen molar-refractivity contribution >= 4 is 0 Å². The van der Waals surface area contributed by atoms with E-state index in [9.17, 15) is 0 Å². The fourth-order valence-electron chi connectivity index (χ4n) is 28.2. The maximum absolute atomic E-state index is 7.68. The molecular formula is C88H124N4O4. The number of hydrogen-bond donors (Lipinski definition) is 4. The first kappa shape index (κ1) is 65.2. The first-order valence-electron chi connectivity index (χ1n) is 40.6. The number of benzene rings is 4. The molecule has 21 rings (SSSR count). The van der Waals surface area contributed by atoms with Gasteiger partial charge in [0.25, 0.3) is 0 Å². The van der Waals surface area contributed by atoms with Gasteiger partial charge in [-0.3, -0.25) is 0 Å². The average molecular weight is 1300 g/mol. The third-order valence-electron chi connectivity index (χ3n) is 30.4. The van der Waals surface area contributed by atoms with Crippen molar-refractivity contribution in [3.05, 3.63) is 115 Å². The van der Waals surface area contributed by atoms with Crippen molar-refractivity contribution in [3.63, 3.8) is 0 Å². The summed E-state index contributed by atoms with van der Waals surface area (Å²) in [7, 11) is 0. The molecule has 520 valence electrons. The van der Waals surface area contributed by atoms with Crippen LogP contribution in [0.1, 0.15) is 300 Å². The Hall–Kier alpha value is -4.08. The molecule has 17 aliphatic rings. The van der Waals surface area contributed by atoms with Crippen LogP contribution in [0.25, 0.3) is 0 Å². The number of nitrogens with two attached hydrogens (primary N) is 4. The molecule has 0 aliphatic heterocycles. The summed E-state index contributed by atoms with van der Waals surface area (Å²) in [6.07, 6.45) is 42.4. The summed E-state index contributed by atoms with van der Waals surface area (Å²) in [4.78, 5) is 0. The Morgan fingerprint density at radius 1 is 0.281 bits per heavy atom. The molecule has 16 saturated carbocycles. The molecule has 8 nitrogen and oxygen atoms in total. The number of rotatable bonds is 24. The lowest BCUT2D eigenvalue weighted by Crippen LogP contribution is -2.56. The fourth-order valence-corrected chi connectivity index (χ4v) is 28.2. The molecule has 0 saturated heterocycles. The summed E-state index contributed by atoms with van der Waals surface area (Å²) in [5.74, 6) is 10.3. The van der Waals surface area contributed by atoms with E-state index in [0.717, 1.165) is 174 Å². The molecule has 24 bridgehead atoms. The number of fused-ring (bicyclic) bond motifs is 8. The second-order valence-corrected chi connectivity index (χ2v) is 37.8. The van der Waals surface area contributed by atoms with Crippen LogP contribution < -0.4 is 41.9 Å². The minimum atomic E-state index is 0.0806. The van der Waals surface area contributed by atoms with Gasteiger partial charge in [-0.15, -0.1) is 0 Å². The third kappa shape index (κ3) is 11.2. The Labute approximate surface area is 579 Å². The van der Waals surface area contributed by atoms with E-state index in [-0.39, 0.29) is 43.3 Å². The molecule has 16 atom stereocenters. The van der Waals surface area contributed by atoms with Crippen molar-refractivity contribution < 1.29 is 18.9 Å². The zero-order chi connectivity index (χ0) is 65.5. The van der Waals surface area contributed by atoms with E-state index in [0.29, 0.717) is 26.4 Å². The van der Waals surface area contributed by atoms with Gasteiger partial charge >= 0.3 is 0 Å². The van der Waals surface area contributed by atoms with Crippen LogP contribution in [0.2, 0.25) is 0 Å². The number of unbranched alkanes of at least 4 members (excludes halogenated alkanes) is 4. The highest BCUT2D eigenvalue weighted by Crippen LogP contribution is 2.70. The molecule has 17 aliphatic carbocycles. The summed E-state index contributed by atoms with van der Waals surface area (Å²) < 4.78 is 30.7. The summed E-state index contributed by atoms with van der Waals surface area (Å²) in [6, 6.07) is 22.0. The van der Waals surface area contributed by atoms with Gasteiger partial charge < -0.3 is 41.9 Å². The van der Waals surface area contributed by atoms with E-state index in [4.69, 9.17) is 41.9 Å². The van der Waals surface area contributed by atoms with Crippen LogP contribution in [-0.2, 0) is 47.3 Å². The zero-order valence-electron chi connectivity index (χ0n) is 60.3. The third-order valence-corrected chi connectivity index (χ3v) is 30.4. The van der Waals surface area contributed by atoms with Crippen LogP contribution in [0.5, 0.6) is 23.0 Å². The molecule has 0 spiro atoms. The molecule has 8 heteroatoms. The van der Waals surface area contributed by atoms with E-state index in [2.05, 4.69) is 76.2 Å². The smallest absolute Gasteiger partial charge is 0.126 e. The first-order valence-corrected chi connectivity index (χ1v) is 40.6. The Morgan fingerprint density at radius 2 is 0.458 bits per heavy atom. The van der Waals surface area contributed by atoms with Crippen LogP contribution in [-0.4, -0.2) is 52.6 Å². The highest BCUT2D eigenvalue weighted by molar-refractivity contribution is 5.61. The largest absolute Gasteiger partial charge is 0.493 e. The van der Waals surface area contributed by atoms with E-state index in [1.54, 1.807) is 22.3 Å². The van der Waals surface area contributed by atoms with Gasteiger partial charge in [0.05, 0.1) is 26.4 Å². The van der Waals surface area contributed by atoms with E-state index < -0.39 is 0 Å². The van der Waals surface area contributed by atoms with Crippen molar-refractivity contribution in [1.82, 2.24) is 0 Å². The monoisotopic (exact) mass is 1300 g/mol. The molecule has 0 radical (unpaired) electrons. The minimum Gasteiger partial charge on any atom is -0.493 e. The van der Waals surface area contributed by atoms with Gasteiger partial charge in [-0.1, -0.05) is 102 Å². The maximum Gasteiger partial charge on any atom is 0.126 e. The van der Waals surface area contributed by atoms with E-state index in [1.165, 1.54) is 199 Å². The van der Waals surface area contributed by atoms with Gasteiger partial charge in [-0.2, -0.15) is 0 Å². The van der Waals surface area contributed by atoms with Crippen LogP contribution >= 0.6 is 0 Å². The van der Waals surface area contributed by atoms with Crippen LogP contribution in [0, 0.1) is 69.0 Å². The van der Waals surface area contributed by atoms with Crippen molar-refractivity contribution in [2.45, 2.75) is 281 Å². The molecule has 8 unspecified atom stereocenters. The summed E-state index contributed by atoms with van der Waals surface area (Å²) in [6.45, 7) is 15.3. The topological polar surface area (TPSA) is 141 Å². The SMILES string of the molecule is CCCCOc1c2cc(C34C[C@@H]5C[C@@H](CC(CN)(C5)C3)C4)cc1Cc1cc(C34C[C@@H]5C[C@@H](CC(CN)(C5)C3)C4)cc(c1OCCCC)Cc1cc(C34C[C@@H]5C[C@@H](CC(CN)(C5)C3)C4)cc(c1OCCCC)Cc1cc(C34C[C@@H]5C[C@@H](CC(CN)(C5)C3)C4)cc(c1OCCCC)C2. The Morgan fingerprint density at radius 3 is 0.615 bits per heavy atom. The van der Waals surface area contributed by atoms with Gasteiger partial charge in [-0.05, 0) is 363 Å². The van der Waals surface area contributed by atoms with Crippen LogP contribution in [0.4, 0.5) is 0 Å². The lowest BCUT2D eigenvalue weighted by molar-refractivity contribution is -0.0669. The first-order chi connectivity index (χ1) is 46.6. The molecule has 4 aromatic carbocycles. The predicted octanol–water partition coefficient (Wildman–Crippen LogP) is 18.3. The molecular weight excluding hydrogens is 1180 g/mol. The van der Waals surface area contributed by atoms with Crippen molar-refractivity contribution in [2.24, 2.45) is 91.9 Å². The highest BCUT2D eigenvalue weighted by Gasteiger charge is 2.62. The maximum atomic E-state index is 7.68. The minimum absolute atomic E-state index is 0.0806. The summed E-state index contributed by atoms with van der Waals surface area (Å²) >= 11 is 0. The number of hydrogen-bond acceptors (Lipinski definition) is 8. The van der Waals surface area contributed by atoms with E-state index >= 15 is 0 Å². The van der Waals surface area contributed by atoms with E-state index in [1.807, 2.05) is 0 Å². The van der Waals surface area contributed by atoms with Crippen molar-refractivity contribution in [3.8, 4) is 23.0 Å². The number of ether oxygens (including phenoxy) is 4. The molecule has 4 aromatic rings. The quantitative estimate of drug-likeness (QED) is 0.0448. The standard InChI is InChI=1S/C88H124N4O4/c1-5-9-13-93-77-65-21-67-27-74(86-43-59-18-60(44-86)36-82(35-59,50-86)54-90)29-69(78(67)94-14-10-6-2)23-71-31-76(88-47-63-20-64(48-88)40-84(39-63,52-88)56-92)32-72(80(71)96-16-12-8-4)24-70-30-75(87-45-61-19-62(46-87)38-83(37-61,51-87)55-91)28-68(79(70)95-15-11-7-3)22-66(77)26-73(25-65)85-41-57-17-58(42-85)34-81(33-57,49-85)53-89/h25-32,57-64H,5-24,33-56,89-92H2,1-4H3/t57-,58+,59-,60+,61-,62+,63-,64+,81?,82?,83?,84?,85?,86?,87?,88?. The second-order valence-electron chi connectivity index (χ2n) is 37.8. The molecule has 16 fully saturated rings. The predicted molar refractivity (Wildman–Crippen MR) is 390 cm³/mol. The van der Waals surface area contributed by atoms with Crippen molar-refractivity contribution in [1.29, 1.82) is 0 Å². The van der Waals surface area contributed by atoms with Crippen molar-refractivity contribution in [2.75, 3.05) is 52.6 Å². The molecule has 96 heavy (non-hydrogen) atoms. The Bertz CT molecular complexity index is 2970. The fraction of sp³-hybridized carbons (Fsp3) is 0.727.